The molecule has 3 aliphatic rings. The van der Waals surface area contributed by atoms with Gasteiger partial charge in [-0.25, -0.2) is 0 Å². The lowest BCUT2D eigenvalue weighted by Gasteiger charge is -2.38. The average Bonchev–Trinajstić information content (AvgIpc) is 3.49. The van der Waals surface area contributed by atoms with E-state index in [1.54, 1.807) is 24.1 Å². The summed E-state index contributed by atoms with van der Waals surface area (Å²) in [4.78, 5) is 43.4. The van der Waals surface area contributed by atoms with Crippen LogP contribution in [0.5, 0.6) is 0 Å². The van der Waals surface area contributed by atoms with Crippen molar-refractivity contribution in [2.45, 2.75) is 56.9 Å². The van der Waals surface area contributed by atoms with Gasteiger partial charge in [-0.3, -0.25) is 19.3 Å². The molecule has 1 aromatic carbocycles. The van der Waals surface area contributed by atoms with Gasteiger partial charge in [0.05, 0.1) is 24.2 Å². The summed E-state index contributed by atoms with van der Waals surface area (Å²) in [5.41, 5.74) is 7.81. The molecule has 4 rings (SSSR count). The van der Waals surface area contributed by atoms with Gasteiger partial charge in [0, 0.05) is 38.3 Å². The first-order valence-electron chi connectivity index (χ1n) is 11.6. The Balaban J connectivity index is 1.38. The molecular weight excluding hydrogens is 420 g/mol. The Morgan fingerprint density at radius 1 is 1.24 bits per heavy atom. The van der Waals surface area contributed by atoms with Crippen LogP contribution in [0.25, 0.3) is 0 Å². The molecule has 3 saturated heterocycles. The highest BCUT2D eigenvalue weighted by molar-refractivity contribution is 5.94. The summed E-state index contributed by atoms with van der Waals surface area (Å²) >= 11 is 0. The Labute approximate surface area is 194 Å². The lowest BCUT2D eigenvalue weighted by Crippen LogP contribution is -2.56. The summed E-state index contributed by atoms with van der Waals surface area (Å²) in [6.45, 7) is 5.58. The molecule has 9 nitrogen and oxygen atoms in total. The Kier molecular flexibility index (Phi) is 6.41. The van der Waals surface area contributed by atoms with Crippen molar-refractivity contribution >= 4 is 17.7 Å². The van der Waals surface area contributed by atoms with Crippen molar-refractivity contribution in [1.29, 1.82) is 5.26 Å². The summed E-state index contributed by atoms with van der Waals surface area (Å²) in [6, 6.07) is 8.06. The standard InChI is InChI=1S/C24H32N6O3/c1-14-8-18(10-25)29(11-14)23(32)20(26)13-28-12-19-9-21(28)24(33)30(19)15(2)16-4-6-17(7-5-16)22(31)27-3/h4-7,14-15,18-21H,8-9,11-13,26H2,1-3H3,(H,27,31)/t14?,15?,18?,19-,20?,21?/m0/s1. The third-order valence-corrected chi connectivity index (χ3v) is 7.30. The Morgan fingerprint density at radius 2 is 1.94 bits per heavy atom. The number of nitrogens with two attached hydrogens (primary N) is 1. The van der Waals surface area contributed by atoms with Crippen LogP contribution in [0.4, 0.5) is 0 Å². The first-order valence-corrected chi connectivity index (χ1v) is 11.6. The number of benzene rings is 1. The second-order valence-electron chi connectivity index (χ2n) is 9.56. The fraction of sp³-hybridized carbons (Fsp3) is 0.583. The summed E-state index contributed by atoms with van der Waals surface area (Å²) in [5.74, 6) is -0.00631. The minimum Gasteiger partial charge on any atom is -0.355 e. The molecule has 2 bridgehead atoms. The molecular formula is C24H32N6O3. The quantitative estimate of drug-likeness (QED) is 0.647. The monoisotopic (exact) mass is 452 g/mol. The topological polar surface area (TPSA) is 123 Å². The van der Waals surface area contributed by atoms with E-state index in [-0.39, 0.29) is 41.8 Å². The third kappa shape index (κ3) is 4.21. The van der Waals surface area contributed by atoms with Gasteiger partial charge in [0.15, 0.2) is 0 Å². The fourth-order valence-electron chi connectivity index (χ4n) is 5.57. The zero-order valence-corrected chi connectivity index (χ0v) is 19.4. The smallest absolute Gasteiger partial charge is 0.251 e. The number of hydrogen-bond donors (Lipinski definition) is 2. The molecule has 3 heterocycles. The van der Waals surface area contributed by atoms with E-state index in [0.717, 1.165) is 12.0 Å². The van der Waals surface area contributed by atoms with E-state index in [0.29, 0.717) is 31.6 Å². The maximum Gasteiger partial charge on any atom is 0.251 e. The molecule has 6 atom stereocenters. The van der Waals surface area contributed by atoms with E-state index in [1.807, 2.05) is 35.8 Å². The molecule has 9 heteroatoms. The van der Waals surface area contributed by atoms with Crippen LogP contribution in [-0.4, -0.2) is 83.3 Å². The second-order valence-corrected chi connectivity index (χ2v) is 9.56. The molecule has 33 heavy (non-hydrogen) atoms. The molecule has 0 aliphatic carbocycles. The molecule has 3 amide bonds. The Hall–Kier alpha value is -2.96. The average molecular weight is 453 g/mol. The van der Waals surface area contributed by atoms with Crippen LogP contribution in [-0.2, 0) is 9.59 Å². The largest absolute Gasteiger partial charge is 0.355 e. The number of nitriles is 1. The molecule has 5 unspecified atom stereocenters. The summed E-state index contributed by atoms with van der Waals surface area (Å²) in [5, 5.41) is 12.0. The Morgan fingerprint density at radius 3 is 2.55 bits per heavy atom. The van der Waals surface area contributed by atoms with Crippen LogP contribution >= 0.6 is 0 Å². The molecule has 0 spiro atoms. The highest BCUT2D eigenvalue weighted by Gasteiger charge is 2.51. The number of fused-ring (bicyclic) bond motifs is 2. The minimum absolute atomic E-state index is 0.0541. The number of carbonyl (C=O) groups is 3. The SMILES string of the molecule is CNC(=O)c1ccc(C(C)N2C(=O)C3C[C@H]2CN3CC(N)C(=O)N2CC(C)CC2C#N)cc1. The first-order chi connectivity index (χ1) is 15.7. The van der Waals surface area contributed by atoms with E-state index < -0.39 is 12.1 Å². The van der Waals surface area contributed by atoms with E-state index in [4.69, 9.17) is 5.73 Å². The van der Waals surface area contributed by atoms with E-state index in [1.165, 1.54) is 0 Å². The molecule has 0 aromatic heterocycles. The number of nitrogens with zero attached hydrogens (tertiary/aromatic N) is 4. The van der Waals surface area contributed by atoms with Gasteiger partial charge in [0.25, 0.3) is 5.91 Å². The van der Waals surface area contributed by atoms with E-state index in [9.17, 15) is 19.6 Å². The zero-order valence-electron chi connectivity index (χ0n) is 19.4. The lowest BCUT2D eigenvalue weighted by molar-refractivity contribution is -0.141. The minimum atomic E-state index is -0.749. The number of piperazine rings is 1. The fourth-order valence-corrected chi connectivity index (χ4v) is 5.57. The molecule has 0 saturated carbocycles. The van der Waals surface area contributed by atoms with Crippen LogP contribution in [0.2, 0.25) is 0 Å². The van der Waals surface area contributed by atoms with Gasteiger partial charge in [-0.05, 0) is 43.4 Å². The van der Waals surface area contributed by atoms with Crippen molar-refractivity contribution in [3.8, 4) is 6.07 Å². The van der Waals surface area contributed by atoms with Crippen LogP contribution in [0.15, 0.2) is 24.3 Å². The lowest BCUT2D eigenvalue weighted by atomic mass is 10.0. The van der Waals surface area contributed by atoms with Crippen LogP contribution in [0.1, 0.15) is 48.7 Å². The normalized spacial score (nSPS) is 28.6. The molecule has 176 valence electrons. The van der Waals surface area contributed by atoms with Crippen molar-refractivity contribution in [3.05, 3.63) is 35.4 Å². The first kappa shape index (κ1) is 23.2. The van der Waals surface area contributed by atoms with Crippen molar-refractivity contribution in [1.82, 2.24) is 20.0 Å². The van der Waals surface area contributed by atoms with Gasteiger partial charge in [-0.2, -0.15) is 5.26 Å². The molecule has 3 aliphatic heterocycles. The van der Waals surface area contributed by atoms with Crippen LogP contribution < -0.4 is 11.1 Å². The van der Waals surface area contributed by atoms with Crippen LogP contribution in [0, 0.1) is 17.2 Å². The van der Waals surface area contributed by atoms with E-state index >= 15 is 0 Å². The highest BCUT2D eigenvalue weighted by atomic mass is 16.2. The maximum atomic E-state index is 13.2. The maximum absolute atomic E-state index is 13.2. The Bertz CT molecular complexity index is 973. The highest BCUT2D eigenvalue weighted by Crippen LogP contribution is 2.38. The molecule has 3 fully saturated rings. The predicted octanol–water partition coefficient (Wildman–Crippen LogP) is 0.480. The number of carbonyl (C=O) groups excluding carboxylic acids is 3. The van der Waals surface area contributed by atoms with Gasteiger partial charge in [0.2, 0.25) is 11.8 Å². The molecule has 3 N–H and O–H groups in total. The van der Waals surface area contributed by atoms with Crippen molar-refractivity contribution in [2.75, 3.05) is 26.7 Å². The number of amides is 3. The van der Waals surface area contributed by atoms with Gasteiger partial charge >= 0.3 is 0 Å². The zero-order chi connectivity index (χ0) is 23.9. The van der Waals surface area contributed by atoms with Gasteiger partial charge in [0.1, 0.15) is 6.04 Å². The summed E-state index contributed by atoms with van der Waals surface area (Å²) in [6.07, 6.45) is 1.40. The van der Waals surface area contributed by atoms with Crippen LogP contribution in [0.3, 0.4) is 0 Å². The second kappa shape index (κ2) is 9.12. The third-order valence-electron chi connectivity index (χ3n) is 7.30. The number of rotatable bonds is 6. The predicted molar refractivity (Wildman–Crippen MR) is 122 cm³/mol. The van der Waals surface area contributed by atoms with Gasteiger partial charge in [-0.15, -0.1) is 0 Å². The van der Waals surface area contributed by atoms with Gasteiger partial charge < -0.3 is 20.9 Å². The van der Waals surface area contributed by atoms with Crippen molar-refractivity contribution in [3.63, 3.8) is 0 Å². The van der Waals surface area contributed by atoms with Crippen molar-refractivity contribution < 1.29 is 14.4 Å². The number of nitrogens with one attached hydrogen (secondary N) is 1. The summed E-state index contributed by atoms with van der Waals surface area (Å²) < 4.78 is 0. The van der Waals surface area contributed by atoms with E-state index in [2.05, 4.69) is 11.4 Å². The van der Waals surface area contributed by atoms with Gasteiger partial charge in [-0.1, -0.05) is 19.1 Å². The number of likely N-dealkylation sites (tertiary alicyclic amines) is 3. The molecule has 1 aromatic rings. The number of hydrogen-bond acceptors (Lipinski definition) is 6. The van der Waals surface area contributed by atoms with Crippen molar-refractivity contribution in [2.24, 2.45) is 11.7 Å². The molecule has 0 radical (unpaired) electrons. The summed E-state index contributed by atoms with van der Waals surface area (Å²) in [7, 11) is 1.59.